The number of anilines is 1. The first-order valence-electron chi connectivity index (χ1n) is 10.3. The molecule has 0 atom stereocenters. The molecule has 168 valence electrons. The van der Waals surface area contributed by atoms with Crippen LogP contribution >= 0.6 is 11.8 Å². The van der Waals surface area contributed by atoms with Gasteiger partial charge in [-0.15, -0.1) is 16.9 Å². The second-order valence-corrected chi connectivity index (χ2v) is 8.58. The number of hydrogen-bond acceptors (Lipinski definition) is 10. The monoisotopic (exact) mass is 455 g/mol. The summed E-state index contributed by atoms with van der Waals surface area (Å²) >= 11 is 1.66. The van der Waals surface area contributed by atoms with Gasteiger partial charge in [0.15, 0.2) is 5.69 Å². The molecule has 1 aliphatic rings. The third kappa shape index (κ3) is 4.97. The summed E-state index contributed by atoms with van der Waals surface area (Å²) in [7, 11) is 0. The summed E-state index contributed by atoms with van der Waals surface area (Å²) in [6, 6.07) is 7.85. The van der Waals surface area contributed by atoms with Crippen LogP contribution in [-0.4, -0.2) is 61.7 Å². The molecule has 32 heavy (non-hydrogen) atoms. The van der Waals surface area contributed by atoms with Gasteiger partial charge in [-0.1, -0.05) is 24.3 Å². The minimum absolute atomic E-state index is 0.0714. The van der Waals surface area contributed by atoms with Gasteiger partial charge in [0, 0.05) is 11.4 Å². The topological polar surface area (TPSA) is 140 Å². The molecular weight excluding hydrogens is 430 g/mol. The molecule has 1 aliphatic heterocycles. The highest BCUT2D eigenvalue weighted by molar-refractivity contribution is 7.98. The highest BCUT2D eigenvalue weighted by Crippen LogP contribution is 2.21. The molecule has 0 radical (unpaired) electrons. The van der Waals surface area contributed by atoms with Crippen molar-refractivity contribution >= 4 is 29.7 Å². The van der Waals surface area contributed by atoms with Crippen molar-refractivity contribution in [2.45, 2.75) is 31.2 Å². The number of nitrogen functional groups attached to an aromatic ring is 1. The predicted octanol–water partition coefficient (Wildman–Crippen LogP) is 1.95. The molecular formula is C20H25N9O2S. The van der Waals surface area contributed by atoms with Gasteiger partial charge in [-0.25, -0.2) is 10.1 Å². The maximum absolute atomic E-state index is 12.9. The summed E-state index contributed by atoms with van der Waals surface area (Å²) in [5.74, 6) is 0.492. The molecule has 3 N–H and O–H groups in total. The first-order chi connectivity index (χ1) is 15.5. The lowest BCUT2D eigenvalue weighted by Gasteiger charge is -2.30. The molecule has 1 aromatic carbocycles. The predicted molar refractivity (Wildman–Crippen MR) is 121 cm³/mol. The highest BCUT2D eigenvalue weighted by atomic mass is 32.2. The summed E-state index contributed by atoms with van der Waals surface area (Å²) in [5.41, 5.74) is 9.96. The lowest BCUT2D eigenvalue weighted by molar-refractivity contribution is 0.0947. The Morgan fingerprint density at radius 1 is 1.31 bits per heavy atom. The first-order valence-corrected chi connectivity index (χ1v) is 11.5. The zero-order valence-electron chi connectivity index (χ0n) is 17.9. The number of hydrazone groups is 1. The van der Waals surface area contributed by atoms with Crippen LogP contribution in [0.1, 0.15) is 41.5 Å². The van der Waals surface area contributed by atoms with Crippen LogP contribution < -0.4 is 11.2 Å². The molecule has 4 rings (SSSR count). The van der Waals surface area contributed by atoms with Crippen LogP contribution in [0.15, 0.2) is 38.9 Å². The fourth-order valence-corrected chi connectivity index (χ4v) is 3.88. The zero-order chi connectivity index (χ0) is 22.5. The Balaban J connectivity index is 1.53. The number of carbonyl (C=O) groups is 1. The van der Waals surface area contributed by atoms with Crippen molar-refractivity contribution in [3.8, 4) is 5.82 Å². The van der Waals surface area contributed by atoms with E-state index in [0.717, 1.165) is 36.4 Å². The molecule has 0 spiro atoms. The highest BCUT2D eigenvalue weighted by Gasteiger charge is 2.26. The normalized spacial score (nSPS) is 15.4. The number of nitrogens with two attached hydrogens (primary N) is 1. The number of aromatic nitrogens is 5. The molecule has 11 nitrogen and oxygen atoms in total. The van der Waals surface area contributed by atoms with Gasteiger partial charge in [-0.2, -0.15) is 9.78 Å². The van der Waals surface area contributed by atoms with Crippen molar-refractivity contribution in [1.82, 2.24) is 35.6 Å². The van der Waals surface area contributed by atoms with E-state index in [4.69, 9.17) is 10.4 Å². The standard InChI is InChI=1S/C20H25N9O2S/c1-13-7-9-28(10-8-13)12-16-17(23-27-29(16)19-18(21)25-31-26-19)20(30)24-22-11-14-3-5-15(32-2)6-4-14/h3-6,11,13H,7-10,12H2,1-2H3,(H2,21,25)(H,24,30)/b22-11-. The second-order valence-electron chi connectivity index (χ2n) is 7.70. The molecule has 3 aromatic rings. The Hall–Kier alpha value is -3.25. The van der Waals surface area contributed by atoms with E-state index in [1.54, 1.807) is 18.0 Å². The quantitative estimate of drug-likeness (QED) is 0.311. The summed E-state index contributed by atoms with van der Waals surface area (Å²) in [6.07, 6.45) is 5.78. The van der Waals surface area contributed by atoms with Crippen LogP contribution in [0.5, 0.6) is 0 Å². The van der Waals surface area contributed by atoms with E-state index in [2.05, 4.69) is 43.0 Å². The number of likely N-dealkylation sites (tertiary alicyclic amines) is 1. The van der Waals surface area contributed by atoms with Crippen LogP contribution in [0.4, 0.5) is 5.82 Å². The van der Waals surface area contributed by atoms with Crippen molar-refractivity contribution in [3.63, 3.8) is 0 Å². The zero-order valence-corrected chi connectivity index (χ0v) is 18.7. The van der Waals surface area contributed by atoms with E-state index < -0.39 is 5.91 Å². The number of piperidine rings is 1. The number of hydrogen-bond donors (Lipinski definition) is 2. The second kappa shape index (κ2) is 9.92. The molecule has 12 heteroatoms. The van der Waals surface area contributed by atoms with Crippen LogP contribution in [0.2, 0.25) is 0 Å². The first kappa shape index (κ1) is 22.0. The van der Waals surface area contributed by atoms with Crippen molar-refractivity contribution in [2.24, 2.45) is 11.0 Å². The van der Waals surface area contributed by atoms with Gasteiger partial charge < -0.3 is 5.73 Å². The summed E-state index contributed by atoms with van der Waals surface area (Å²) in [4.78, 5) is 16.3. The van der Waals surface area contributed by atoms with Gasteiger partial charge in [0.25, 0.3) is 5.91 Å². The number of nitrogens with zero attached hydrogens (tertiary/aromatic N) is 7. The Labute approximate surface area is 189 Å². The number of carbonyl (C=O) groups excluding carboxylic acids is 1. The molecule has 1 amide bonds. The third-order valence-electron chi connectivity index (χ3n) is 5.42. The Morgan fingerprint density at radius 3 is 2.72 bits per heavy atom. The van der Waals surface area contributed by atoms with Crippen molar-refractivity contribution < 1.29 is 9.42 Å². The van der Waals surface area contributed by atoms with E-state index in [1.165, 1.54) is 4.68 Å². The van der Waals surface area contributed by atoms with Crippen molar-refractivity contribution in [1.29, 1.82) is 0 Å². The van der Waals surface area contributed by atoms with Gasteiger partial charge in [0.1, 0.15) is 0 Å². The number of nitrogens with one attached hydrogen (secondary N) is 1. The molecule has 0 bridgehead atoms. The van der Waals surface area contributed by atoms with Crippen LogP contribution in [0.3, 0.4) is 0 Å². The van der Waals surface area contributed by atoms with E-state index >= 15 is 0 Å². The van der Waals surface area contributed by atoms with Gasteiger partial charge in [0.2, 0.25) is 11.6 Å². The Morgan fingerprint density at radius 2 is 2.06 bits per heavy atom. The van der Waals surface area contributed by atoms with E-state index in [1.807, 2.05) is 30.5 Å². The van der Waals surface area contributed by atoms with E-state index in [0.29, 0.717) is 18.2 Å². The molecule has 3 heterocycles. The van der Waals surface area contributed by atoms with Gasteiger partial charge in [-0.05, 0) is 66.1 Å². The summed E-state index contributed by atoms with van der Waals surface area (Å²) in [6.45, 7) is 4.55. The minimum atomic E-state index is -0.469. The van der Waals surface area contributed by atoms with Crippen molar-refractivity contribution in [3.05, 3.63) is 41.2 Å². The van der Waals surface area contributed by atoms with Gasteiger partial charge in [0.05, 0.1) is 11.9 Å². The number of rotatable bonds is 7. The van der Waals surface area contributed by atoms with Crippen molar-refractivity contribution in [2.75, 3.05) is 25.1 Å². The third-order valence-corrected chi connectivity index (χ3v) is 6.16. The SMILES string of the molecule is CSc1ccc(/C=N\NC(=O)c2nnn(-c3nonc3N)c2CN2CCC(C)CC2)cc1. The van der Waals surface area contributed by atoms with Crippen LogP contribution in [0, 0.1) is 5.92 Å². The van der Waals surface area contributed by atoms with E-state index in [9.17, 15) is 4.79 Å². The molecule has 0 saturated carbocycles. The fraction of sp³-hybridized carbons (Fsp3) is 0.400. The summed E-state index contributed by atoms with van der Waals surface area (Å²) < 4.78 is 6.11. The molecule has 1 saturated heterocycles. The fourth-order valence-electron chi connectivity index (χ4n) is 3.47. The maximum atomic E-state index is 12.9. The Bertz CT molecular complexity index is 1080. The molecule has 2 aromatic heterocycles. The van der Waals surface area contributed by atoms with E-state index in [-0.39, 0.29) is 17.3 Å². The number of thioether (sulfide) groups is 1. The smallest absolute Gasteiger partial charge is 0.293 e. The molecule has 0 unspecified atom stereocenters. The number of amides is 1. The minimum Gasteiger partial charge on any atom is -0.378 e. The average molecular weight is 456 g/mol. The molecule has 0 aliphatic carbocycles. The lowest BCUT2D eigenvalue weighted by atomic mass is 9.99. The average Bonchev–Trinajstić information content (AvgIpc) is 3.41. The summed E-state index contributed by atoms with van der Waals surface area (Å²) in [5, 5.41) is 19.6. The van der Waals surface area contributed by atoms with Crippen LogP contribution in [0.25, 0.3) is 5.82 Å². The molecule has 1 fully saturated rings. The largest absolute Gasteiger partial charge is 0.378 e. The van der Waals surface area contributed by atoms with Gasteiger partial charge in [-0.3, -0.25) is 9.69 Å². The Kier molecular flexibility index (Phi) is 6.81. The maximum Gasteiger partial charge on any atom is 0.293 e. The number of benzene rings is 1. The lowest BCUT2D eigenvalue weighted by Crippen LogP contribution is -2.34. The van der Waals surface area contributed by atoms with Gasteiger partial charge >= 0.3 is 0 Å². The van der Waals surface area contributed by atoms with Crippen LogP contribution in [-0.2, 0) is 6.54 Å².